The largest absolute Gasteiger partial charge is 0.480 e. The van der Waals surface area contributed by atoms with Crippen molar-refractivity contribution in [1.82, 2.24) is 4.98 Å². The fourth-order valence-electron chi connectivity index (χ4n) is 2.39. The van der Waals surface area contributed by atoms with Crippen LogP contribution in [-0.2, 0) is 18.6 Å². The summed E-state index contributed by atoms with van der Waals surface area (Å²) in [6.45, 7) is 6.50. The summed E-state index contributed by atoms with van der Waals surface area (Å²) in [5, 5.41) is 0. The summed E-state index contributed by atoms with van der Waals surface area (Å²) in [4.78, 5) is 3.31. The van der Waals surface area contributed by atoms with Gasteiger partial charge in [0.2, 0.25) is 0 Å². The minimum atomic E-state index is 0.107. The van der Waals surface area contributed by atoms with Crippen LogP contribution in [0.2, 0.25) is 0 Å². The zero-order valence-corrected chi connectivity index (χ0v) is 15.0. The number of hydrogen-bond acceptors (Lipinski definition) is 4. The molecule has 120 valence electrons. The molecule has 0 aliphatic rings. The van der Waals surface area contributed by atoms with E-state index in [1.165, 1.54) is 11.1 Å². The highest BCUT2D eigenvalue weighted by molar-refractivity contribution is 7.99. The molecule has 3 nitrogen and oxygen atoms in total. The Kier molecular flexibility index (Phi) is 6.58. The van der Waals surface area contributed by atoms with E-state index in [1.54, 1.807) is 11.8 Å². The smallest absolute Gasteiger partial charge is 0.266 e. The Morgan fingerprint density at radius 2 is 2.09 bits per heavy atom. The highest BCUT2D eigenvalue weighted by atomic mass is 32.2. The maximum Gasteiger partial charge on any atom is 0.266 e. The summed E-state index contributed by atoms with van der Waals surface area (Å²) < 4.78 is 11.6. The van der Waals surface area contributed by atoms with Crippen LogP contribution in [0.1, 0.15) is 44.1 Å². The zero-order chi connectivity index (χ0) is 15.9. The van der Waals surface area contributed by atoms with Crippen molar-refractivity contribution in [3.05, 3.63) is 46.1 Å². The number of H-pyrrole nitrogens is 1. The molecule has 0 amide bonds. The Hall–Kier alpha value is -1.20. The highest BCUT2D eigenvalue weighted by Crippen LogP contribution is 2.29. The van der Waals surface area contributed by atoms with Gasteiger partial charge in [0.15, 0.2) is 0 Å². The molecule has 0 saturated heterocycles. The molecule has 0 fully saturated rings. The number of ether oxygens (including phenoxy) is 1. The van der Waals surface area contributed by atoms with Crippen LogP contribution in [0.25, 0.3) is 0 Å². The van der Waals surface area contributed by atoms with Crippen molar-refractivity contribution >= 4 is 24.0 Å². The lowest BCUT2D eigenvalue weighted by Gasteiger charge is -2.20. The van der Waals surface area contributed by atoms with Crippen LogP contribution in [0.3, 0.4) is 0 Å². The van der Waals surface area contributed by atoms with Crippen molar-refractivity contribution in [3.63, 3.8) is 0 Å². The van der Waals surface area contributed by atoms with Gasteiger partial charge in [-0.2, -0.15) is 0 Å². The summed E-state index contributed by atoms with van der Waals surface area (Å²) in [5.41, 5.74) is 2.80. The monoisotopic (exact) mass is 337 g/mol. The first-order chi connectivity index (χ1) is 10.7. The van der Waals surface area contributed by atoms with E-state index >= 15 is 0 Å². The van der Waals surface area contributed by atoms with Gasteiger partial charge in [0.25, 0.3) is 4.84 Å². The number of thioether (sulfide) groups is 1. The zero-order valence-electron chi connectivity index (χ0n) is 13.3. The molecule has 22 heavy (non-hydrogen) atoms. The third-order valence-corrected chi connectivity index (χ3v) is 5.00. The molecule has 1 unspecified atom stereocenters. The molecule has 2 aromatic rings. The molecular formula is C17H23NO2S2. The average molecular weight is 338 g/mol. The Morgan fingerprint density at radius 1 is 1.27 bits per heavy atom. The first kappa shape index (κ1) is 17.2. The molecule has 1 heterocycles. The molecule has 0 bridgehead atoms. The summed E-state index contributed by atoms with van der Waals surface area (Å²) in [6, 6.07) is 6.34. The number of nitrogens with one attached hydrogen (secondary N) is 1. The minimum absolute atomic E-state index is 0.107. The number of rotatable bonds is 8. The number of benzene rings is 1. The second-order valence-corrected chi connectivity index (χ2v) is 6.53. The molecule has 1 aromatic carbocycles. The minimum Gasteiger partial charge on any atom is -0.480 e. The lowest BCUT2D eigenvalue weighted by atomic mass is 10.0. The van der Waals surface area contributed by atoms with Gasteiger partial charge >= 0.3 is 0 Å². The quantitative estimate of drug-likeness (QED) is 0.509. The Balaban J connectivity index is 2.05. The van der Waals surface area contributed by atoms with Crippen molar-refractivity contribution in [3.8, 4) is 5.75 Å². The van der Waals surface area contributed by atoms with Gasteiger partial charge in [0, 0.05) is 6.20 Å². The van der Waals surface area contributed by atoms with Crippen LogP contribution < -0.4 is 4.74 Å². The van der Waals surface area contributed by atoms with Gasteiger partial charge in [0.05, 0.1) is 5.75 Å². The van der Waals surface area contributed by atoms with Crippen LogP contribution in [0.5, 0.6) is 5.75 Å². The van der Waals surface area contributed by atoms with Gasteiger partial charge in [-0.15, -0.1) is 11.8 Å². The van der Waals surface area contributed by atoms with Gasteiger partial charge in [-0.25, -0.2) is 0 Å². The SMILES string of the molecule is CCc1cccc(OC(CC)SCc2c[nH]c(=S)o2)c1CC. The van der Waals surface area contributed by atoms with Crippen LogP contribution in [-0.4, -0.2) is 10.4 Å². The van der Waals surface area contributed by atoms with E-state index in [9.17, 15) is 0 Å². The molecule has 0 spiro atoms. The van der Waals surface area contributed by atoms with Crippen LogP contribution in [0.15, 0.2) is 28.8 Å². The first-order valence-electron chi connectivity index (χ1n) is 7.74. The maximum absolute atomic E-state index is 6.24. The summed E-state index contributed by atoms with van der Waals surface area (Å²) in [7, 11) is 0. The molecule has 1 N–H and O–H groups in total. The number of aryl methyl sites for hydroxylation is 1. The second kappa shape index (κ2) is 8.44. The fourth-order valence-corrected chi connectivity index (χ4v) is 3.46. The summed E-state index contributed by atoms with van der Waals surface area (Å²) >= 11 is 6.68. The van der Waals surface area contributed by atoms with E-state index in [0.717, 1.165) is 36.5 Å². The standard InChI is InChI=1S/C17H23NO2S2/c1-4-12-8-7-9-15(14(12)5-2)20-16(6-3)22-11-13-10-18-17(21)19-13/h7-10,16H,4-6,11H2,1-3H3,(H,18,21). The van der Waals surface area contributed by atoms with Crippen molar-refractivity contribution in [1.29, 1.82) is 0 Å². The molecule has 0 aliphatic heterocycles. The molecule has 0 radical (unpaired) electrons. The Labute approximate surface area is 141 Å². The van der Waals surface area contributed by atoms with Crippen molar-refractivity contribution in [2.75, 3.05) is 0 Å². The molecule has 5 heteroatoms. The van der Waals surface area contributed by atoms with Gasteiger partial charge < -0.3 is 14.1 Å². The van der Waals surface area contributed by atoms with Crippen molar-refractivity contribution in [2.45, 2.75) is 51.2 Å². The third-order valence-electron chi connectivity index (χ3n) is 3.54. The van der Waals surface area contributed by atoms with E-state index in [4.69, 9.17) is 21.4 Å². The highest BCUT2D eigenvalue weighted by Gasteiger charge is 2.14. The van der Waals surface area contributed by atoms with Gasteiger partial charge in [-0.05, 0) is 48.7 Å². The lowest BCUT2D eigenvalue weighted by Crippen LogP contribution is -2.13. The van der Waals surface area contributed by atoms with Gasteiger partial charge in [-0.3, -0.25) is 0 Å². The maximum atomic E-state index is 6.24. The second-order valence-electron chi connectivity index (χ2n) is 5.01. The van der Waals surface area contributed by atoms with Crippen LogP contribution in [0.4, 0.5) is 0 Å². The number of oxazole rings is 1. The molecule has 1 aromatic heterocycles. The molecule has 0 aliphatic carbocycles. The number of aromatic nitrogens is 1. The molecule has 1 atom stereocenters. The molecular weight excluding hydrogens is 314 g/mol. The van der Waals surface area contributed by atoms with E-state index < -0.39 is 0 Å². The molecule has 0 saturated carbocycles. The number of aromatic amines is 1. The van der Waals surface area contributed by atoms with E-state index in [0.29, 0.717) is 4.84 Å². The Morgan fingerprint density at radius 3 is 2.68 bits per heavy atom. The Bertz CT molecular complexity index is 648. The summed E-state index contributed by atoms with van der Waals surface area (Å²) in [5.74, 6) is 2.62. The topological polar surface area (TPSA) is 38.2 Å². The fraction of sp³-hybridized carbons (Fsp3) is 0.471. The van der Waals surface area contributed by atoms with Crippen LogP contribution in [0, 0.1) is 4.84 Å². The third kappa shape index (κ3) is 4.40. The lowest BCUT2D eigenvalue weighted by molar-refractivity contribution is 0.280. The van der Waals surface area contributed by atoms with Crippen molar-refractivity contribution in [2.24, 2.45) is 0 Å². The normalized spacial score (nSPS) is 12.3. The van der Waals surface area contributed by atoms with E-state index in [-0.39, 0.29) is 5.44 Å². The van der Waals surface area contributed by atoms with E-state index in [2.05, 4.69) is 44.0 Å². The summed E-state index contributed by atoms with van der Waals surface area (Å²) in [6.07, 6.45) is 4.79. The predicted molar refractivity (Wildman–Crippen MR) is 95.1 cm³/mol. The van der Waals surface area contributed by atoms with Gasteiger partial charge in [-0.1, -0.05) is 32.9 Å². The average Bonchev–Trinajstić information content (AvgIpc) is 2.96. The van der Waals surface area contributed by atoms with Crippen molar-refractivity contribution < 1.29 is 9.15 Å². The predicted octanol–water partition coefficient (Wildman–Crippen LogP) is 5.51. The van der Waals surface area contributed by atoms with Crippen LogP contribution >= 0.6 is 24.0 Å². The number of hydrogen-bond donors (Lipinski definition) is 1. The molecule has 2 rings (SSSR count). The van der Waals surface area contributed by atoms with E-state index in [1.807, 2.05) is 6.20 Å². The van der Waals surface area contributed by atoms with Gasteiger partial charge in [0.1, 0.15) is 16.9 Å². The first-order valence-corrected chi connectivity index (χ1v) is 9.20.